The summed E-state index contributed by atoms with van der Waals surface area (Å²) >= 11 is 0. The number of benzene rings is 1. The van der Waals surface area contributed by atoms with Crippen molar-refractivity contribution in [3.8, 4) is 6.07 Å². The SMILES string of the molecule is N#CC1CCCCC1S(=O)(=O)c1ccc(F)c(F)c1. The molecule has 1 aromatic rings. The Morgan fingerprint density at radius 3 is 2.47 bits per heavy atom. The minimum atomic E-state index is -3.79. The topological polar surface area (TPSA) is 57.9 Å². The van der Waals surface area contributed by atoms with Crippen LogP contribution in [0.2, 0.25) is 0 Å². The summed E-state index contributed by atoms with van der Waals surface area (Å²) in [6.07, 6.45) is 2.47. The molecule has 0 radical (unpaired) electrons. The number of halogens is 2. The normalized spacial score (nSPS) is 23.8. The van der Waals surface area contributed by atoms with Crippen molar-refractivity contribution in [3.63, 3.8) is 0 Å². The van der Waals surface area contributed by atoms with E-state index in [0.29, 0.717) is 18.9 Å². The summed E-state index contributed by atoms with van der Waals surface area (Å²) in [5.74, 6) is -2.85. The van der Waals surface area contributed by atoms with Crippen molar-refractivity contribution in [1.29, 1.82) is 5.26 Å². The molecule has 0 spiro atoms. The molecule has 0 N–H and O–H groups in total. The third-order valence-electron chi connectivity index (χ3n) is 3.49. The Hall–Kier alpha value is -1.48. The first-order valence-corrected chi connectivity index (χ1v) is 7.60. The van der Waals surface area contributed by atoms with Gasteiger partial charge in [-0.1, -0.05) is 12.8 Å². The van der Waals surface area contributed by atoms with Crippen LogP contribution in [-0.4, -0.2) is 13.7 Å². The van der Waals surface area contributed by atoms with E-state index in [0.717, 1.165) is 25.0 Å². The van der Waals surface area contributed by atoms with Crippen LogP contribution in [0.1, 0.15) is 25.7 Å². The highest BCUT2D eigenvalue weighted by molar-refractivity contribution is 7.92. The molecule has 0 bridgehead atoms. The number of hydrogen-bond donors (Lipinski definition) is 0. The fraction of sp³-hybridized carbons (Fsp3) is 0.462. The van der Waals surface area contributed by atoms with Crippen LogP contribution in [0.5, 0.6) is 0 Å². The average Bonchev–Trinajstić information content (AvgIpc) is 2.41. The minimum Gasteiger partial charge on any atom is -0.223 e. The zero-order valence-corrected chi connectivity index (χ0v) is 11.0. The molecular weight excluding hydrogens is 272 g/mol. The van der Waals surface area contributed by atoms with Crippen LogP contribution >= 0.6 is 0 Å². The molecule has 6 heteroatoms. The maximum absolute atomic E-state index is 13.2. The number of nitrogens with zero attached hydrogens (tertiary/aromatic N) is 1. The van der Waals surface area contributed by atoms with Gasteiger partial charge in [0.05, 0.1) is 22.1 Å². The Morgan fingerprint density at radius 1 is 1.16 bits per heavy atom. The van der Waals surface area contributed by atoms with Gasteiger partial charge in [0.1, 0.15) is 0 Å². The lowest BCUT2D eigenvalue weighted by molar-refractivity contribution is 0.418. The van der Waals surface area contributed by atoms with Crippen LogP contribution in [0.3, 0.4) is 0 Å². The highest BCUT2D eigenvalue weighted by Gasteiger charge is 2.36. The molecule has 0 amide bonds. The van der Waals surface area contributed by atoms with Crippen LogP contribution in [0.15, 0.2) is 23.1 Å². The molecule has 0 aliphatic heterocycles. The first kappa shape index (κ1) is 13.9. The summed E-state index contributed by atoms with van der Waals surface area (Å²) < 4.78 is 50.8. The first-order chi connectivity index (χ1) is 8.96. The van der Waals surface area contributed by atoms with Crippen LogP contribution in [0.4, 0.5) is 8.78 Å². The first-order valence-electron chi connectivity index (χ1n) is 6.05. The molecule has 0 saturated heterocycles. The molecule has 2 atom stereocenters. The van der Waals surface area contributed by atoms with E-state index in [1.807, 2.05) is 6.07 Å². The molecular formula is C13H13F2NO2S. The van der Waals surface area contributed by atoms with Gasteiger partial charge in [-0.05, 0) is 31.0 Å². The molecule has 1 aliphatic rings. The fourth-order valence-electron chi connectivity index (χ4n) is 2.44. The molecule has 0 heterocycles. The van der Waals surface area contributed by atoms with Crippen LogP contribution in [0, 0.1) is 28.9 Å². The van der Waals surface area contributed by atoms with Crippen LogP contribution in [0.25, 0.3) is 0 Å². The summed E-state index contributed by atoms with van der Waals surface area (Å²) in [5, 5.41) is 8.20. The lowest BCUT2D eigenvalue weighted by Crippen LogP contribution is -2.32. The summed E-state index contributed by atoms with van der Waals surface area (Å²) in [6.45, 7) is 0. The fourth-order valence-corrected chi connectivity index (χ4v) is 4.43. The molecule has 2 rings (SSSR count). The molecule has 1 aromatic carbocycles. The molecule has 3 nitrogen and oxygen atoms in total. The Labute approximate surface area is 110 Å². The zero-order valence-electron chi connectivity index (χ0n) is 10.1. The smallest absolute Gasteiger partial charge is 0.182 e. The van der Waals surface area contributed by atoms with Crippen LogP contribution < -0.4 is 0 Å². The second-order valence-corrected chi connectivity index (χ2v) is 6.85. The standard InChI is InChI=1S/C13H13F2NO2S/c14-11-6-5-10(7-12(11)15)19(17,18)13-4-2-1-3-9(13)8-16/h5-7,9,13H,1-4H2. The van der Waals surface area contributed by atoms with Crippen molar-refractivity contribution >= 4 is 9.84 Å². The van der Waals surface area contributed by atoms with E-state index in [2.05, 4.69) is 0 Å². The van der Waals surface area contributed by atoms with Gasteiger partial charge in [-0.25, -0.2) is 17.2 Å². The summed E-state index contributed by atoms with van der Waals surface area (Å²) in [5.41, 5.74) is 0. The van der Waals surface area contributed by atoms with Crippen molar-refractivity contribution in [2.45, 2.75) is 35.8 Å². The maximum atomic E-state index is 13.2. The monoisotopic (exact) mass is 285 g/mol. The third-order valence-corrected chi connectivity index (χ3v) is 5.76. The second kappa shape index (κ2) is 5.25. The van der Waals surface area contributed by atoms with E-state index in [-0.39, 0.29) is 4.90 Å². The van der Waals surface area contributed by atoms with Gasteiger partial charge in [0.15, 0.2) is 21.5 Å². The predicted molar refractivity (Wildman–Crippen MR) is 64.9 cm³/mol. The summed E-state index contributed by atoms with van der Waals surface area (Å²) in [6, 6.07) is 4.55. The lowest BCUT2D eigenvalue weighted by Gasteiger charge is -2.26. The molecule has 19 heavy (non-hydrogen) atoms. The molecule has 102 valence electrons. The van der Waals surface area contributed by atoms with E-state index in [9.17, 15) is 17.2 Å². The Morgan fingerprint density at radius 2 is 1.84 bits per heavy atom. The highest BCUT2D eigenvalue weighted by Crippen LogP contribution is 2.33. The zero-order chi connectivity index (χ0) is 14.0. The second-order valence-electron chi connectivity index (χ2n) is 4.68. The summed E-state index contributed by atoms with van der Waals surface area (Å²) in [7, 11) is -3.79. The Balaban J connectivity index is 2.41. The van der Waals surface area contributed by atoms with E-state index in [1.165, 1.54) is 0 Å². The Kier molecular flexibility index (Phi) is 3.85. The summed E-state index contributed by atoms with van der Waals surface area (Å²) in [4.78, 5) is -0.251. The van der Waals surface area contributed by atoms with Crippen molar-refractivity contribution in [1.82, 2.24) is 0 Å². The van der Waals surface area contributed by atoms with Gasteiger partial charge in [0.2, 0.25) is 0 Å². The minimum absolute atomic E-state index is 0.251. The molecule has 2 unspecified atom stereocenters. The number of hydrogen-bond acceptors (Lipinski definition) is 3. The molecule has 0 aromatic heterocycles. The van der Waals surface area contributed by atoms with Gasteiger partial charge in [0.25, 0.3) is 0 Å². The van der Waals surface area contributed by atoms with E-state index < -0.39 is 32.6 Å². The maximum Gasteiger partial charge on any atom is 0.182 e. The predicted octanol–water partition coefficient (Wildman–Crippen LogP) is 2.82. The van der Waals surface area contributed by atoms with Gasteiger partial charge in [0, 0.05) is 0 Å². The number of rotatable bonds is 2. The third kappa shape index (κ3) is 2.61. The van der Waals surface area contributed by atoms with Crippen molar-refractivity contribution < 1.29 is 17.2 Å². The number of nitriles is 1. The average molecular weight is 285 g/mol. The molecule has 1 fully saturated rings. The van der Waals surface area contributed by atoms with Gasteiger partial charge in [-0.2, -0.15) is 5.26 Å². The highest BCUT2D eigenvalue weighted by atomic mass is 32.2. The van der Waals surface area contributed by atoms with Crippen molar-refractivity contribution in [3.05, 3.63) is 29.8 Å². The van der Waals surface area contributed by atoms with Crippen molar-refractivity contribution in [2.24, 2.45) is 5.92 Å². The van der Waals surface area contributed by atoms with Crippen LogP contribution in [-0.2, 0) is 9.84 Å². The van der Waals surface area contributed by atoms with Crippen molar-refractivity contribution in [2.75, 3.05) is 0 Å². The number of sulfone groups is 1. The van der Waals surface area contributed by atoms with E-state index in [4.69, 9.17) is 5.26 Å². The van der Waals surface area contributed by atoms with Gasteiger partial charge in [-0.3, -0.25) is 0 Å². The largest absolute Gasteiger partial charge is 0.223 e. The molecule has 1 saturated carbocycles. The van der Waals surface area contributed by atoms with Gasteiger partial charge < -0.3 is 0 Å². The van der Waals surface area contributed by atoms with Gasteiger partial charge >= 0.3 is 0 Å². The quantitative estimate of drug-likeness (QED) is 0.785. The molecule has 1 aliphatic carbocycles. The lowest BCUT2D eigenvalue weighted by atomic mass is 9.90. The Bertz CT molecular complexity index is 622. The van der Waals surface area contributed by atoms with E-state index >= 15 is 0 Å². The van der Waals surface area contributed by atoms with Gasteiger partial charge in [-0.15, -0.1) is 0 Å². The van der Waals surface area contributed by atoms with E-state index in [1.54, 1.807) is 0 Å².